The van der Waals surface area contributed by atoms with Crippen LogP contribution in [0.2, 0.25) is 0 Å². The summed E-state index contributed by atoms with van der Waals surface area (Å²) in [6.07, 6.45) is 1.45. The average Bonchev–Trinajstić information content (AvgIpc) is 2.09. The summed E-state index contributed by atoms with van der Waals surface area (Å²) in [7, 11) is 0. The second-order valence-corrected chi connectivity index (χ2v) is 2.51. The van der Waals surface area contributed by atoms with Crippen LogP contribution < -0.4 is 6.15 Å². The molecular weight excluding hydrogens is 208 g/mol. The van der Waals surface area contributed by atoms with Crippen LogP contribution in [0.5, 0.6) is 5.75 Å². The molecule has 0 fully saturated rings. The lowest BCUT2D eigenvalue weighted by atomic mass is 10.1. The lowest BCUT2D eigenvalue weighted by Gasteiger charge is -2.07. The molecule has 6 heteroatoms. The summed E-state index contributed by atoms with van der Waals surface area (Å²) in [5, 5.41) is 27.0. The van der Waals surface area contributed by atoms with Crippen molar-refractivity contribution in [2.24, 2.45) is 0 Å². The first-order valence-electron chi connectivity index (χ1n) is 3.58. The number of aliphatic hydroxyl groups is 2. The first-order valence-corrected chi connectivity index (χ1v) is 3.58. The number of pyridine rings is 1. The summed E-state index contributed by atoms with van der Waals surface area (Å²) in [5.74, 6) is -0.0379. The number of hydrogen-bond donors (Lipinski definition) is 4. The SMILES string of the molecule is Cc1ncc(CO)c(CO)c1O.Cl.N. The Bertz CT molecular complexity index is 294. The third kappa shape index (κ3) is 2.81. The van der Waals surface area contributed by atoms with E-state index < -0.39 is 0 Å². The molecule has 1 rings (SSSR count). The molecule has 0 aromatic carbocycles. The molecule has 0 spiro atoms. The van der Waals surface area contributed by atoms with E-state index in [2.05, 4.69) is 4.98 Å². The van der Waals surface area contributed by atoms with Gasteiger partial charge in [-0.2, -0.15) is 0 Å². The van der Waals surface area contributed by atoms with Gasteiger partial charge >= 0.3 is 0 Å². The fourth-order valence-corrected chi connectivity index (χ4v) is 0.997. The molecule has 1 heterocycles. The number of aromatic nitrogens is 1. The zero-order valence-electron chi connectivity index (χ0n) is 7.90. The maximum atomic E-state index is 9.38. The van der Waals surface area contributed by atoms with Gasteiger partial charge in [-0.25, -0.2) is 0 Å². The standard InChI is InChI=1S/C8H11NO3.ClH.H3N/c1-5-8(12)7(4-11)6(3-10)2-9-5;;/h2,10-12H,3-4H2,1H3;1H;1H3. The molecule has 0 atom stereocenters. The second kappa shape index (κ2) is 6.56. The van der Waals surface area contributed by atoms with E-state index in [0.29, 0.717) is 16.8 Å². The molecule has 0 radical (unpaired) electrons. The molecule has 1 aromatic heterocycles. The van der Waals surface area contributed by atoms with Crippen LogP contribution in [0.3, 0.4) is 0 Å². The van der Waals surface area contributed by atoms with Gasteiger partial charge in [-0.15, -0.1) is 12.4 Å². The monoisotopic (exact) mass is 222 g/mol. The van der Waals surface area contributed by atoms with E-state index >= 15 is 0 Å². The zero-order valence-corrected chi connectivity index (χ0v) is 8.71. The van der Waals surface area contributed by atoms with Gasteiger partial charge in [0.2, 0.25) is 0 Å². The van der Waals surface area contributed by atoms with E-state index in [1.54, 1.807) is 6.92 Å². The summed E-state index contributed by atoms with van der Waals surface area (Å²) in [5.41, 5.74) is 1.27. The van der Waals surface area contributed by atoms with Crippen LogP contribution in [0.25, 0.3) is 0 Å². The Morgan fingerprint density at radius 3 is 2.29 bits per heavy atom. The summed E-state index contributed by atoms with van der Waals surface area (Å²) in [4.78, 5) is 3.84. The minimum atomic E-state index is -0.287. The van der Waals surface area contributed by atoms with Gasteiger partial charge in [-0.1, -0.05) is 0 Å². The van der Waals surface area contributed by atoms with Crippen molar-refractivity contribution in [3.63, 3.8) is 0 Å². The van der Waals surface area contributed by atoms with Crippen molar-refractivity contribution in [2.45, 2.75) is 20.1 Å². The van der Waals surface area contributed by atoms with Gasteiger partial charge in [0.15, 0.2) is 0 Å². The molecule has 14 heavy (non-hydrogen) atoms. The Labute approximate surface area is 88.4 Å². The lowest BCUT2D eigenvalue weighted by molar-refractivity contribution is 0.254. The molecule has 0 aliphatic heterocycles. The van der Waals surface area contributed by atoms with E-state index in [0.717, 1.165) is 0 Å². The van der Waals surface area contributed by atoms with Crippen LogP contribution >= 0.6 is 12.4 Å². The lowest BCUT2D eigenvalue weighted by Crippen LogP contribution is -1.98. The average molecular weight is 223 g/mol. The fourth-order valence-electron chi connectivity index (χ4n) is 0.997. The number of halogens is 1. The Kier molecular flexibility index (Phi) is 7.30. The van der Waals surface area contributed by atoms with E-state index in [9.17, 15) is 5.11 Å². The summed E-state index contributed by atoms with van der Waals surface area (Å²) in [6, 6.07) is 0. The van der Waals surface area contributed by atoms with Gasteiger partial charge in [0, 0.05) is 17.3 Å². The van der Waals surface area contributed by atoms with Crippen molar-refractivity contribution in [3.05, 3.63) is 23.0 Å². The number of aryl methyl sites for hydroxylation is 1. The predicted molar refractivity (Wildman–Crippen MR) is 54.8 cm³/mol. The van der Waals surface area contributed by atoms with Gasteiger partial charge < -0.3 is 21.5 Å². The Hall–Kier alpha value is -0.880. The van der Waals surface area contributed by atoms with Gasteiger partial charge in [-0.3, -0.25) is 4.98 Å². The fraction of sp³-hybridized carbons (Fsp3) is 0.375. The highest BCUT2D eigenvalue weighted by Crippen LogP contribution is 2.23. The highest BCUT2D eigenvalue weighted by atomic mass is 35.5. The van der Waals surface area contributed by atoms with Crippen molar-refractivity contribution >= 4 is 12.4 Å². The van der Waals surface area contributed by atoms with Gasteiger partial charge in [0.1, 0.15) is 5.75 Å². The number of nitrogens with zero attached hydrogens (tertiary/aromatic N) is 1. The highest BCUT2D eigenvalue weighted by Gasteiger charge is 2.09. The van der Waals surface area contributed by atoms with E-state index in [1.165, 1.54) is 6.20 Å². The topological polar surface area (TPSA) is 109 Å². The largest absolute Gasteiger partial charge is 0.506 e. The molecule has 0 saturated heterocycles. The third-order valence-electron chi connectivity index (χ3n) is 1.76. The Balaban J connectivity index is 0. The number of hydrogen-bond acceptors (Lipinski definition) is 5. The predicted octanol–water partition coefficient (Wildman–Crippen LogP) is 0.664. The van der Waals surface area contributed by atoms with Crippen LogP contribution in [0.15, 0.2) is 6.20 Å². The molecular formula is C8H15ClN2O3. The molecule has 0 saturated carbocycles. The quantitative estimate of drug-likeness (QED) is 0.588. The van der Waals surface area contributed by atoms with Crippen molar-refractivity contribution in [2.75, 3.05) is 0 Å². The van der Waals surface area contributed by atoms with Gasteiger partial charge in [0.05, 0.1) is 18.9 Å². The maximum absolute atomic E-state index is 9.38. The van der Waals surface area contributed by atoms with Crippen LogP contribution in [0, 0.1) is 6.92 Å². The Morgan fingerprint density at radius 2 is 1.86 bits per heavy atom. The molecule has 1 aromatic rings. The first kappa shape index (κ1) is 15.6. The van der Waals surface area contributed by atoms with Crippen molar-refractivity contribution in [3.8, 4) is 5.75 Å². The second-order valence-electron chi connectivity index (χ2n) is 2.51. The summed E-state index contributed by atoms with van der Waals surface area (Å²) >= 11 is 0. The van der Waals surface area contributed by atoms with Crippen LogP contribution in [0.4, 0.5) is 0 Å². The van der Waals surface area contributed by atoms with Crippen LogP contribution in [-0.2, 0) is 13.2 Å². The van der Waals surface area contributed by atoms with E-state index in [1.807, 2.05) is 0 Å². The normalized spacial score (nSPS) is 8.79. The van der Waals surface area contributed by atoms with Crippen molar-refractivity contribution in [1.29, 1.82) is 0 Å². The minimum absolute atomic E-state index is 0. The minimum Gasteiger partial charge on any atom is -0.506 e. The third-order valence-corrected chi connectivity index (χ3v) is 1.76. The van der Waals surface area contributed by atoms with Crippen LogP contribution in [0.1, 0.15) is 16.8 Å². The molecule has 0 aliphatic rings. The maximum Gasteiger partial charge on any atom is 0.142 e. The number of rotatable bonds is 2. The number of aliphatic hydroxyl groups excluding tert-OH is 2. The first-order chi connectivity index (χ1) is 5.70. The molecule has 0 aliphatic carbocycles. The Morgan fingerprint density at radius 1 is 1.29 bits per heavy atom. The summed E-state index contributed by atoms with van der Waals surface area (Å²) < 4.78 is 0. The molecule has 5 nitrogen and oxygen atoms in total. The van der Waals surface area contributed by atoms with Crippen molar-refractivity contribution in [1.82, 2.24) is 11.1 Å². The molecule has 0 bridgehead atoms. The van der Waals surface area contributed by atoms with E-state index in [4.69, 9.17) is 10.2 Å². The van der Waals surface area contributed by atoms with Gasteiger partial charge in [-0.05, 0) is 6.92 Å². The molecule has 82 valence electrons. The van der Waals surface area contributed by atoms with Gasteiger partial charge in [0.25, 0.3) is 0 Å². The van der Waals surface area contributed by atoms with E-state index in [-0.39, 0.29) is 37.5 Å². The van der Waals surface area contributed by atoms with Crippen LogP contribution in [-0.4, -0.2) is 20.3 Å². The smallest absolute Gasteiger partial charge is 0.142 e. The molecule has 0 amide bonds. The molecule has 6 N–H and O–H groups in total. The highest BCUT2D eigenvalue weighted by molar-refractivity contribution is 5.85. The zero-order chi connectivity index (χ0) is 9.14. The summed E-state index contributed by atoms with van der Waals surface area (Å²) in [6.45, 7) is 1.12. The van der Waals surface area contributed by atoms with Crippen molar-refractivity contribution < 1.29 is 15.3 Å². The number of aromatic hydroxyl groups is 1. The molecule has 0 unspecified atom stereocenters.